The Hall–Kier alpha value is -3.75. The molecule has 2 N–H and O–H groups in total. The first kappa shape index (κ1) is 21.5. The van der Waals surface area contributed by atoms with Gasteiger partial charge in [-0.05, 0) is 24.3 Å². The molecule has 0 atom stereocenters. The SMILES string of the molecule is COc1cc(OC)cc(C(=O)NCC(=O)N/N=C/c2cccc(OC)c2OC)c1. The molecule has 2 aromatic rings. The van der Waals surface area contributed by atoms with Crippen LogP contribution in [0.2, 0.25) is 0 Å². The largest absolute Gasteiger partial charge is 0.497 e. The third-order valence-electron chi connectivity index (χ3n) is 3.85. The third-order valence-corrected chi connectivity index (χ3v) is 3.85. The second-order valence-corrected chi connectivity index (χ2v) is 5.66. The van der Waals surface area contributed by atoms with Crippen LogP contribution in [-0.4, -0.2) is 53.0 Å². The fourth-order valence-electron chi connectivity index (χ4n) is 2.43. The number of nitrogens with zero attached hydrogens (tertiary/aromatic N) is 1. The topological polar surface area (TPSA) is 107 Å². The Balaban J connectivity index is 1.94. The van der Waals surface area contributed by atoms with Crippen LogP contribution in [0.3, 0.4) is 0 Å². The number of carbonyl (C=O) groups is 2. The summed E-state index contributed by atoms with van der Waals surface area (Å²) in [6.07, 6.45) is 1.42. The summed E-state index contributed by atoms with van der Waals surface area (Å²) in [6.45, 7) is -0.259. The van der Waals surface area contributed by atoms with Gasteiger partial charge in [-0.2, -0.15) is 5.10 Å². The number of hydrogen-bond donors (Lipinski definition) is 2. The number of hydrazone groups is 1. The van der Waals surface area contributed by atoms with Crippen LogP contribution < -0.4 is 29.7 Å². The predicted octanol–water partition coefficient (Wildman–Crippen LogP) is 1.60. The van der Waals surface area contributed by atoms with E-state index >= 15 is 0 Å². The lowest BCUT2D eigenvalue weighted by molar-refractivity contribution is -0.120. The molecular weight excluding hydrogens is 378 g/mol. The molecule has 0 aromatic heterocycles. The highest BCUT2D eigenvalue weighted by molar-refractivity contribution is 5.97. The molecule has 0 spiro atoms. The van der Waals surface area contributed by atoms with Gasteiger partial charge in [0.1, 0.15) is 11.5 Å². The monoisotopic (exact) mass is 401 g/mol. The maximum absolute atomic E-state index is 12.3. The Morgan fingerprint density at radius 1 is 0.966 bits per heavy atom. The Kier molecular flexibility index (Phi) is 7.84. The molecule has 0 unspecified atom stereocenters. The highest BCUT2D eigenvalue weighted by atomic mass is 16.5. The molecule has 0 fully saturated rings. The minimum absolute atomic E-state index is 0.259. The average molecular weight is 401 g/mol. The summed E-state index contributed by atoms with van der Waals surface area (Å²) < 4.78 is 20.7. The Bertz CT molecular complexity index is 876. The average Bonchev–Trinajstić information content (AvgIpc) is 2.76. The molecule has 0 aliphatic carbocycles. The van der Waals surface area contributed by atoms with Crippen LogP contribution in [0.5, 0.6) is 23.0 Å². The molecule has 9 heteroatoms. The zero-order valence-electron chi connectivity index (χ0n) is 16.6. The van der Waals surface area contributed by atoms with Gasteiger partial charge in [0.25, 0.3) is 11.8 Å². The molecule has 0 aliphatic rings. The lowest BCUT2D eigenvalue weighted by atomic mass is 10.2. The van der Waals surface area contributed by atoms with Crippen molar-refractivity contribution in [2.45, 2.75) is 0 Å². The zero-order chi connectivity index (χ0) is 21.2. The van der Waals surface area contributed by atoms with E-state index in [9.17, 15) is 9.59 Å². The fraction of sp³-hybridized carbons (Fsp3) is 0.250. The van der Waals surface area contributed by atoms with Crippen LogP contribution >= 0.6 is 0 Å². The number of benzene rings is 2. The predicted molar refractivity (Wildman–Crippen MR) is 107 cm³/mol. The maximum Gasteiger partial charge on any atom is 0.259 e. The molecule has 154 valence electrons. The first-order valence-electron chi connectivity index (χ1n) is 8.56. The molecule has 29 heavy (non-hydrogen) atoms. The molecule has 2 amide bonds. The van der Waals surface area contributed by atoms with Gasteiger partial charge >= 0.3 is 0 Å². The van der Waals surface area contributed by atoms with E-state index in [1.807, 2.05) is 0 Å². The quantitative estimate of drug-likeness (QED) is 0.488. The van der Waals surface area contributed by atoms with Crippen LogP contribution in [0.25, 0.3) is 0 Å². The molecule has 0 radical (unpaired) electrons. The number of para-hydroxylation sites is 1. The van der Waals surface area contributed by atoms with Crippen molar-refractivity contribution in [1.82, 2.24) is 10.7 Å². The lowest BCUT2D eigenvalue weighted by Gasteiger charge is -2.10. The molecule has 0 saturated carbocycles. The van der Waals surface area contributed by atoms with Gasteiger partial charge in [-0.25, -0.2) is 5.43 Å². The first-order valence-corrected chi connectivity index (χ1v) is 8.56. The van der Waals surface area contributed by atoms with E-state index in [1.165, 1.54) is 34.7 Å². The number of rotatable bonds is 9. The van der Waals surface area contributed by atoms with Crippen molar-refractivity contribution in [3.8, 4) is 23.0 Å². The Morgan fingerprint density at radius 3 is 2.24 bits per heavy atom. The lowest BCUT2D eigenvalue weighted by Crippen LogP contribution is -2.34. The first-order chi connectivity index (χ1) is 14.0. The number of carbonyl (C=O) groups excluding carboxylic acids is 2. The fourth-order valence-corrected chi connectivity index (χ4v) is 2.43. The van der Waals surface area contributed by atoms with E-state index in [0.29, 0.717) is 34.1 Å². The Labute approximate surface area is 168 Å². The molecular formula is C20H23N3O6. The third kappa shape index (κ3) is 5.86. The normalized spacial score (nSPS) is 10.3. The van der Waals surface area contributed by atoms with Crippen LogP contribution in [0.1, 0.15) is 15.9 Å². The van der Waals surface area contributed by atoms with Gasteiger partial charge in [-0.3, -0.25) is 9.59 Å². The van der Waals surface area contributed by atoms with Gasteiger partial charge in [0.15, 0.2) is 11.5 Å². The van der Waals surface area contributed by atoms with E-state index < -0.39 is 11.8 Å². The minimum atomic E-state index is -0.494. The van der Waals surface area contributed by atoms with Gasteiger partial charge in [-0.1, -0.05) is 6.07 Å². The summed E-state index contributed by atoms with van der Waals surface area (Å²) in [7, 11) is 6.01. The Morgan fingerprint density at radius 2 is 1.66 bits per heavy atom. The van der Waals surface area contributed by atoms with Crippen molar-refractivity contribution in [1.29, 1.82) is 0 Å². The second kappa shape index (κ2) is 10.5. The summed E-state index contributed by atoms with van der Waals surface area (Å²) in [5.41, 5.74) is 3.27. The van der Waals surface area contributed by atoms with Gasteiger partial charge in [-0.15, -0.1) is 0 Å². The second-order valence-electron chi connectivity index (χ2n) is 5.66. The van der Waals surface area contributed by atoms with E-state index in [4.69, 9.17) is 18.9 Å². The zero-order valence-corrected chi connectivity index (χ0v) is 16.6. The molecule has 0 saturated heterocycles. The van der Waals surface area contributed by atoms with Gasteiger partial charge in [0.2, 0.25) is 0 Å². The molecule has 2 rings (SSSR count). The van der Waals surface area contributed by atoms with Crippen LogP contribution in [0, 0.1) is 0 Å². The van der Waals surface area contributed by atoms with Crippen LogP contribution in [0.15, 0.2) is 41.5 Å². The number of methoxy groups -OCH3 is 4. The highest BCUT2D eigenvalue weighted by Gasteiger charge is 2.11. The maximum atomic E-state index is 12.3. The van der Waals surface area contributed by atoms with Crippen molar-refractivity contribution in [3.63, 3.8) is 0 Å². The van der Waals surface area contributed by atoms with Crippen LogP contribution in [-0.2, 0) is 4.79 Å². The summed E-state index contributed by atoms with van der Waals surface area (Å²) in [4.78, 5) is 24.2. The van der Waals surface area contributed by atoms with Crippen molar-refractivity contribution >= 4 is 18.0 Å². The van der Waals surface area contributed by atoms with Crippen LogP contribution in [0.4, 0.5) is 0 Å². The van der Waals surface area contributed by atoms with E-state index in [1.54, 1.807) is 36.4 Å². The summed E-state index contributed by atoms with van der Waals surface area (Å²) in [6, 6.07) is 10.0. The van der Waals surface area contributed by atoms with Crippen molar-refractivity contribution < 1.29 is 28.5 Å². The summed E-state index contributed by atoms with van der Waals surface area (Å²) in [5.74, 6) is 1.03. The standard InChI is InChI=1S/C20H23N3O6/c1-26-15-8-14(9-16(10-15)27-2)20(25)21-12-18(24)23-22-11-13-6-5-7-17(28-3)19(13)29-4/h5-11H,12H2,1-4H3,(H,21,25)(H,23,24)/b22-11+. The number of amides is 2. The number of nitrogens with one attached hydrogen (secondary N) is 2. The van der Waals surface area contributed by atoms with Gasteiger partial charge in [0.05, 0.1) is 41.2 Å². The molecule has 0 heterocycles. The molecule has 0 bridgehead atoms. The summed E-state index contributed by atoms with van der Waals surface area (Å²) in [5, 5.41) is 6.39. The minimum Gasteiger partial charge on any atom is -0.497 e. The van der Waals surface area contributed by atoms with Crippen molar-refractivity contribution in [3.05, 3.63) is 47.5 Å². The van der Waals surface area contributed by atoms with Gasteiger partial charge in [0, 0.05) is 17.2 Å². The summed E-state index contributed by atoms with van der Waals surface area (Å²) >= 11 is 0. The van der Waals surface area contributed by atoms with Crippen molar-refractivity contribution in [2.75, 3.05) is 35.0 Å². The molecule has 0 aliphatic heterocycles. The number of ether oxygens (including phenoxy) is 4. The number of hydrogen-bond acceptors (Lipinski definition) is 7. The van der Waals surface area contributed by atoms with E-state index in [0.717, 1.165) is 0 Å². The van der Waals surface area contributed by atoms with E-state index in [2.05, 4.69) is 15.8 Å². The highest BCUT2D eigenvalue weighted by Crippen LogP contribution is 2.29. The smallest absolute Gasteiger partial charge is 0.259 e. The van der Waals surface area contributed by atoms with Gasteiger partial charge < -0.3 is 24.3 Å². The van der Waals surface area contributed by atoms with Crippen molar-refractivity contribution in [2.24, 2.45) is 5.10 Å². The van der Waals surface area contributed by atoms with E-state index in [-0.39, 0.29) is 6.54 Å². The molecule has 9 nitrogen and oxygen atoms in total. The molecule has 2 aromatic carbocycles.